The second-order valence-corrected chi connectivity index (χ2v) is 10.6. The number of H-pyrrole nitrogens is 1. The number of benzene rings is 1. The Morgan fingerprint density at radius 2 is 1.90 bits per heavy atom. The number of hydrogen-bond acceptors (Lipinski definition) is 5. The number of aromatic hydroxyl groups is 2. The molecule has 4 N–H and O–H groups in total. The Hall–Kier alpha value is -2.34. The lowest BCUT2D eigenvalue weighted by Crippen LogP contribution is -2.60. The Bertz CT molecular complexity index is 919. The molecule has 0 aliphatic heterocycles. The molecule has 0 spiro atoms. The standard InChI is InChI=1S/C25H35N3O3/c1-15-20(27-13-17-12-26-14-28-17)11-21-24(2,3)6-5-7-25(21,4)22(15)23(31)16-8-18(29)10-19(30)9-16/h8-10,12,14-15,20-22,27,29-30H,5-7,11,13H2,1-4H3,(H,26,28)/t15-,20-,21+,22-,25+/m1/s1. The molecule has 2 aliphatic rings. The van der Waals surface area contributed by atoms with Gasteiger partial charge in [0.05, 0.1) is 6.33 Å². The molecule has 31 heavy (non-hydrogen) atoms. The number of ketones is 1. The van der Waals surface area contributed by atoms with E-state index < -0.39 is 0 Å². The van der Waals surface area contributed by atoms with Crippen LogP contribution >= 0.6 is 0 Å². The quantitative estimate of drug-likeness (QED) is 0.523. The van der Waals surface area contributed by atoms with Crippen LogP contribution in [-0.4, -0.2) is 32.0 Å². The van der Waals surface area contributed by atoms with Gasteiger partial charge >= 0.3 is 0 Å². The van der Waals surface area contributed by atoms with Gasteiger partial charge in [-0.15, -0.1) is 0 Å². The number of Topliss-reactive ketones (excluding diaryl/α,β-unsaturated/α-hetero) is 1. The lowest BCUT2D eigenvalue weighted by atomic mass is 9.45. The highest BCUT2D eigenvalue weighted by Crippen LogP contribution is 2.61. The van der Waals surface area contributed by atoms with Crippen LogP contribution in [0.15, 0.2) is 30.7 Å². The Labute approximate surface area is 184 Å². The van der Waals surface area contributed by atoms with E-state index in [1.54, 1.807) is 6.33 Å². The molecular weight excluding hydrogens is 390 g/mol. The topological polar surface area (TPSA) is 98.2 Å². The minimum atomic E-state index is -0.189. The van der Waals surface area contributed by atoms with Gasteiger partial charge in [0, 0.05) is 42.0 Å². The first-order valence-electron chi connectivity index (χ1n) is 11.4. The Morgan fingerprint density at radius 3 is 2.55 bits per heavy atom. The summed E-state index contributed by atoms with van der Waals surface area (Å²) >= 11 is 0. The molecule has 0 amide bonds. The third-order valence-electron chi connectivity index (χ3n) is 8.22. The van der Waals surface area contributed by atoms with Crippen LogP contribution in [-0.2, 0) is 6.54 Å². The summed E-state index contributed by atoms with van der Waals surface area (Å²) in [7, 11) is 0. The van der Waals surface area contributed by atoms with Gasteiger partial charge < -0.3 is 20.5 Å². The molecule has 4 rings (SSSR count). The molecule has 1 aromatic carbocycles. The number of carbonyl (C=O) groups is 1. The van der Waals surface area contributed by atoms with Crippen molar-refractivity contribution in [1.82, 2.24) is 15.3 Å². The number of fused-ring (bicyclic) bond motifs is 1. The van der Waals surface area contributed by atoms with Gasteiger partial charge in [-0.25, -0.2) is 4.98 Å². The molecule has 2 aromatic rings. The summed E-state index contributed by atoms with van der Waals surface area (Å²) in [5.41, 5.74) is 1.46. The van der Waals surface area contributed by atoms with Crippen LogP contribution in [0.5, 0.6) is 11.5 Å². The van der Waals surface area contributed by atoms with E-state index in [1.807, 2.05) is 6.20 Å². The van der Waals surface area contributed by atoms with E-state index in [-0.39, 0.29) is 46.0 Å². The largest absolute Gasteiger partial charge is 0.508 e. The molecule has 2 aliphatic carbocycles. The Morgan fingerprint density at radius 1 is 1.19 bits per heavy atom. The number of nitrogens with one attached hydrogen (secondary N) is 2. The van der Waals surface area contributed by atoms with Crippen LogP contribution in [0.4, 0.5) is 0 Å². The van der Waals surface area contributed by atoms with Gasteiger partial charge in [0.25, 0.3) is 0 Å². The fourth-order valence-corrected chi connectivity index (χ4v) is 6.77. The van der Waals surface area contributed by atoms with Gasteiger partial charge in [-0.2, -0.15) is 0 Å². The third-order valence-corrected chi connectivity index (χ3v) is 8.22. The van der Waals surface area contributed by atoms with Crippen LogP contribution in [0.1, 0.15) is 69.4 Å². The van der Waals surface area contributed by atoms with Gasteiger partial charge in [0.15, 0.2) is 5.78 Å². The number of imidazole rings is 1. The van der Waals surface area contributed by atoms with E-state index in [0.717, 1.165) is 25.0 Å². The SMILES string of the molecule is C[C@@H]1[C@H](NCc2cnc[nH]2)C[C@H]2C(C)(C)CCC[C@]2(C)[C@H]1C(=O)c1cc(O)cc(O)c1. The van der Waals surface area contributed by atoms with Crippen molar-refractivity contribution >= 4 is 5.78 Å². The second kappa shape index (κ2) is 7.97. The third kappa shape index (κ3) is 3.98. The summed E-state index contributed by atoms with van der Waals surface area (Å²) < 4.78 is 0. The number of aromatic nitrogens is 2. The van der Waals surface area contributed by atoms with Crippen molar-refractivity contribution < 1.29 is 15.0 Å². The fraction of sp³-hybridized carbons (Fsp3) is 0.600. The van der Waals surface area contributed by atoms with E-state index in [4.69, 9.17) is 0 Å². The predicted octanol–water partition coefficient (Wildman–Crippen LogP) is 4.65. The number of carbonyl (C=O) groups excluding carboxylic acids is 1. The van der Waals surface area contributed by atoms with E-state index in [2.05, 4.69) is 43.0 Å². The average Bonchev–Trinajstić information content (AvgIpc) is 3.19. The summed E-state index contributed by atoms with van der Waals surface area (Å²) in [6.07, 6.45) is 7.86. The van der Waals surface area contributed by atoms with Crippen molar-refractivity contribution in [2.45, 2.75) is 66.0 Å². The molecule has 168 valence electrons. The van der Waals surface area contributed by atoms with Gasteiger partial charge in [-0.05, 0) is 54.1 Å². The van der Waals surface area contributed by atoms with Crippen molar-refractivity contribution in [1.29, 1.82) is 0 Å². The van der Waals surface area contributed by atoms with Gasteiger partial charge in [0.1, 0.15) is 11.5 Å². The zero-order valence-electron chi connectivity index (χ0n) is 19.0. The maximum atomic E-state index is 13.9. The average molecular weight is 426 g/mol. The first kappa shape index (κ1) is 21.9. The number of hydrogen-bond donors (Lipinski definition) is 4. The van der Waals surface area contributed by atoms with Crippen molar-refractivity contribution in [3.8, 4) is 11.5 Å². The summed E-state index contributed by atoms with van der Waals surface area (Å²) in [4.78, 5) is 21.2. The molecule has 5 atom stereocenters. The lowest BCUT2D eigenvalue weighted by molar-refractivity contribution is -0.0917. The maximum absolute atomic E-state index is 13.9. The summed E-state index contributed by atoms with van der Waals surface area (Å²) in [5.74, 6) is 0.209. The summed E-state index contributed by atoms with van der Waals surface area (Å²) in [6, 6.07) is 4.44. The van der Waals surface area contributed by atoms with Gasteiger partial charge in [-0.1, -0.05) is 34.1 Å². The highest BCUT2D eigenvalue weighted by molar-refractivity contribution is 5.99. The van der Waals surface area contributed by atoms with Crippen molar-refractivity contribution in [3.63, 3.8) is 0 Å². The van der Waals surface area contributed by atoms with E-state index >= 15 is 0 Å². The van der Waals surface area contributed by atoms with E-state index in [9.17, 15) is 15.0 Å². The second-order valence-electron chi connectivity index (χ2n) is 10.6. The maximum Gasteiger partial charge on any atom is 0.167 e. The number of aromatic amines is 1. The monoisotopic (exact) mass is 425 g/mol. The molecule has 0 unspecified atom stereocenters. The Balaban J connectivity index is 1.70. The van der Waals surface area contributed by atoms with Crippen LogP contribution in [0, 0.1) is 28.6 Å². The molecule has 0 radical (unpaired) electrons. The predicted molar refractivity (Wildman–Crippen MR) is 120 cm³/mol. The van der Waals surface area contributed by atoms with Gasteiger partial charge in [-0.3, -0.25) is 4.79 Å². The van der Waals surface area contributed by atoms with E-state index in [1.165, 1.54) is 24.6 Å². The van der Waals surface area contributed by atoms with Crippen LogP contribution in [0.2, 0.25) is 0 Å². The molecule has 0 saturated heterocycles. The molecule has 1 aromatic heterocycles. The molecule has 0 bridgehead atoms. The molecule has 2 fully saturated rings. The fourth-order valence-electron chi connectivity index (χ4n) is 6.77. The molecule has 6 nitrogen and oxygen atoms in total. The van der Waals surface area contributed by atoms with Crippen LogP contribution in [0.3, 0.4) is 0 Å². The van der Waals surface area contributed by atoms with Crippen LogP contribution in [0.25, 0.3) is 0 Å². The Kier molecular flexibility index (Phi) is 5.63. The number of phenols is 2. The normalized spacial score (nSPS) is 32.4. The zero-order chi connectivity index (χ0) is 22.4. The summed E-state index contributed by atoms with van der Waals surface area (Å²) in [6.45, 7) is 9.86. The van der Waals surface area contributed by atoms with Crippen LogP contribution < -0.4 is 5.32 Å². The lowest BCUT2D eigenvalue weighted by Gasteiger charge is -2.60. The number of rotatable bonds is 5. The molecule has 2 saturated carbocycles. The smallest absolute Gasteiger partial charge is 0.167 e. The van der Waals surface area contributed by atoms with Crippen molar-refractivity contribution in [3.05, 3.63) is 42.0 Å². The minimum absolute atomic E-state index is 0.0249. The highest BCUT2D eigenvalue weighted by Gasteiger charge is 2.58. The number of nitrogens with zero attached hydrogens (tertiary/aromatic N) is 1. The number of phenolic OH excluding ortho intramolecular Hbond substituents is 2. The minimum Gasteiger partial charge on any atom is -0.508 e. The summed E-state index contributed by atoms with van der Waals surface area (Å²) in [5, 5.41) is 23.7. The van der Waals surface area contributed by atoms with Crippen molar-refractivity contribution in [2.24, 2.45) is 28.6 Å². The first-order chi connectivity index (χ1) is 14.6. The molecular formula is C25H35N3O3. The van der Waals surface area contributed by atoms with E-state index in [0.29, 0.717) is 18.0 Å². The molecule has 6 heteroatoms. The first-order valence-corrected chi connectivity index (χ1v) is 11.4. The van der Waals surface area contributed by atoms with Gasteiger partial charge in [0.2, 0.25) is 0 Å². The highest BCUT2D eigenvalue weighted by atomic mass is 16.3. The molecule has 1 heterocycles. The van der Waals surface area contributed by atoms with Crippen molar-refractivity contribution in [2.75, 3.05) is 0 Å². The zero-order valence-corrected chi connectivity index (χ0v) is 19.0.